The van der Waals surface area contributed by atoms with Crippen LogP contribution in [-0.2, 0) is 10.9 Å². The van der Waals surface area contributed by atoms with Gasteiger partial charge in [0.2, 0.25) is 0 Å². The highest BCUT2D eigenvalue weighted by molar-refractivity contribution is 7.99. The first kappa shape index (κ1) is 24.2. The fraction of sp³-hybridized carbons (Fsp3) is 0.0625. The van der Waals surface area contributed by atoms with Gasteiger partial charge >= 0.3 is 21.2 Å². The van der Waals surface area contributed by atoms with Gasteiger partial charge in [0.05, 0.1) is 10.9 Å². The van der Waals surface area contributed by atoms with Crippen LogP contribution in [0, 0.1) is 21.0 Å². The molecule has 0 unspecified atom stereocenters. The summed E-state index contributed by atoms with van der Waals surface area (Å²) in [4.78, 5) is 6.61. The lowest BCUT2D eigenvalue weighted by molar-refractivity contribution is -0.598. The zero-order valence-electron chi connectivity index (χ0n) is 19.8. The van der Waals surface area contributed by atoms with Crippen LogP contribution in [0.5, 0.6) is 0 Å². The van der Waals surface area contributed by atoms with Gasteiger partial charge in [-0.1, -0.05) is 60.3 Å². The normalized spacial score (nSPS) is 11.1. The Labute approximate surface area is 226 Å². The molecule has 0 atom stereocenters. The second-order valence-corrected chi connectivity index (χ2v) is 14.4. The lowest BCUT2D eigenvalue weighted by Gasteiger charge is -2.08. The third kappa shape index (κ3) is 6.03. The lowest BCUT2D eigenvalue weighted by atomic mass is 10.1. The Balaban J connectivity index is 1.32. The van der Waals surface area contributed by atoms with Crippen LogP contribution in [0.4, 0.5) is 0 Å². The molecule has 0 aliphatic rings. The monoisotopic (exact) mass is 602 g/mol. The van der Waals surface area contributed by atoms with Gasteiger partial charge in [-0.2, -0.15) is 0 Å². The lowest BCUT2D eigenvalue weighted by Crippen LogP contribution is -3.61. The molecule has 5 aromatic rings. The van der Waals surface area contributed by atoms with Crippen LogP contribution in [0.2, 0.25) is 0 Å². The quantitative estimate of drug-likeness (QED) is 0.171. The molecular formula is C32H27IS2+2. The molecule has 0 bridgehead atoms. The fourth-order valence-corrected chi connectivity index (χ4v) is 9.31. The summed E-state index contributed by atoms with van der Waals surface area (Å²) < 4.78 is 2.99. The molecule has 0 spiro atoms. The number of rotatable bonds is 7. The summed E-state index contributed by atoms with van der Waals surface area (Å²) in [5.74, 6) is 0. The van der Waals surface area contributed by atoms with Crippen LogP contribution in [0.25, 0.3) is 0 Å². The highest BCUT2D eigenvalue weighted by atomic mass is 127. The molecule has 5 aromatic carbocycles. The SMILES string of the molecule is Cc1cccc([I+]c2ccc(Sc3ccc([S+](c4ccccc4)c4ccccc4)cc3)cc2)c1C. The standard InChI is InChI=1S/C32H27IS2/c1-24-10-9-15-32(25(24)2)33-26-16-18-27(19-17-26)34-28-20-22-31(23-21-28)35(29-11-5-3-6-12-29)30-13-7-4-8-14-30/h3-23H,1-2H3/q+2. The molecule has 0 nitrogen and oxygen atoms in total. The van der Waals surface area contributed by atoms with Crippen LogP contribution in [-0.4, -0.2) is 0 Å². The summed E-state index contributed by atoms with van der Waals surface area (Å²) in [5.41, 5.74) is 2.84. The molecule has 5 rings (SSSR count). The van der Waals surface area contributed by atoms with Gasteiger partial charge in [-0.25, -0.2) is 0 Å². The van der Waals surface area contributed by atoms with Gasteiger partial charge < -0.3 is 0 Å². The Bertz CT molecular complexity index is 1340. The number of hydrogen-bond acceptors (Lipinski definition) is 1. The third-order valence-corrected chi connectivity index (χ3v) is 12.2. The van der Waals surface area contributed by atoms with Crippen molar-refractivity contribution < 1.29 is 21.2 Å². The highest BCUT2D eigenvalue weighted by Crippen LogP contribution is 2.33. The van der Waals surface area contributed by atoms with E-state index in [0.717, 1.165) is 0 Å². The zero-order chi connectivity index (χ0) is 24.0. The summed E-state index contributed by atoms with van der Waals surface area (Å²) >= 11 is 1.69. The van der Waals surface area contributed by atoms with Crippen molar-refractivity contribution in [1.29, 1.82) is 0 Å². The van der Waals surface area contributed by atoms with E-state index in [1.807, 2.05) is 11.8 Å². The van der Waals surface area contributed by atoms with Crippen molar-refractivity contribution in [3.8, 4) is 0 Å². The van der Waals surface area contributed by atoms with Crippen molar-refractivity contribution >= 4 is 22.7 Å². The molecule has 0 heterocycles. The van der Waals surface area contributed by atoms with E-state index in [1.165, 1.54) is 42.7 Å². The summed E-state index contributed by atoms with van der Waals surface area (Å²) in [6.45, 7) is 4.45. The van der Waals surface area contributed by atoms with Crippen molar-refractivity contribution in [2.45, 2.75) is 38.3 Å². The van der Waals surface area contributed by atoms with Gasteiger partial charge in [0.25, 0.3) is 0 Å². The van der Waals surface area contributed by atoms with Crippen LogP contribution in [0.15, 0.2) is 152 Å². The molecule has 0 amide bonds. The molecule has 0 fully saturated rings. The first-order valence-corrected chi connectivity index (χ1v) is 15.8. The highest BCUT2D eigenvalue weighted by Gasteiger charge is 2.28. The van der Waals surface area contributed by atoms with Crippen molar-refractivity contribution in [2.24, 2.45) is 0 Å². The van der Waals surface area contributed by atoms with Crippen molar-refractivity contribution in [2.75, 3.05) is 0 Å². The topological polar surface area (TPSA) is 0 Å². The van der Waals surface area contributed by atoms with E-state index in [4.69, 9.17) is 0 Å². The predicted octanol–water partition coefficient (Wildman–Crippen LogP) is 5.68. The van der Waals surface area contributed by atoms with Crippen LogP contribution in [0.1, 0.15) is 11.1 Å². The van der Waals surface area contributed by atoms with Crippen LogP contribution in [0.3, 0.4) is 0 Å². The van der Waals surface area contributed by atoms with Crippen molar-refractivity contribution in [3.63, 3.8) is 0 Å². The van der Waals surface area contributed by atoms with Crippen LogP contribution < -0.4 is 21.2 Å². The first-order chi connectivity index (χ1) is 17.2. The first-order valence-electron chi connectivity index (χ1n) is 11.6. The molecule has 0 aromatic heterocycles. The minimum atomic E-state index is -0.149. The molecule has 172 valence electrons. The van der Waals surface area contributed by atoms with Crippen molar-refractivity contribution in [1.82, 2.24) is 0 Å². The average molecular weight is 603 g/mol. The zero-order valence-corrected chi connectivity index (χ0v) is 23.6. The van der Waals surface area contributed by atoms with E-state index in [2.05, 4.69) is 141 Å². The average Bonchev–Trinajstić information content (AvgIpc) is 2.90. The van der Waals surface area contributed by atoms with E-state index in [0.29, 0.717) is 0 Å². The van der Waals surface area contributed by atoms with E-state index in [-0.39, 0.29) is 32.1 Å². The van der Waals surface area contributed by atoms with Gasteiger partial charge in [0.1, 0.15) is 0 Å². The minimum absolute atomic E-state index is 0.101. The van der Waals surface area contributed by atoms with E-state index in [9.17, 15) is 0 Å². The Morgan fingerprint density at radius 1 is 0.514 bits per heavy atom. The molecular weight excluding hydrogens is 575 g/mol. The second kappa shape index (κ2) is 11.5. The molecule has 0 saturated heterocycles. The number of benzene rings is 5. The second-order valence-electron chi connectivity index (χ2n) is 8.24. The van der Waals surface area contributed by atoms with Gasteiger partial charge in [-0.05, 0) is 98.3 Å². The Morgan fingerprint density at radius 2 is 1.03 bits per heavy atom. The molecule has 0 N–H and O–H groups in total. The van der Waals surface area contributed by atoms with Crippen molar-refractivity contribution in [3.05, 3.63) is 146 Å². The van der Waals surface area contributed by atoms with Gasteiger partial charge in [0, 0.05) is 15.4 Å². The Hall–Kier alpha value is -2.47. The molecule has 0 radical (unpaired) electrons. The third-order valence-electron chi connectivity index (χ3n) is 5.82. The summed E-state index contributed by atoms with van der Waals surface area (Å²) in [7, 11) is -0.101. The smallest absolute Gasteiger partial charge is 0.0901 e. The minimum Gasteiger partial charge on any atom is -0.0901 e. The molecule has 3 heteroatoms. The van der Waals surface area contributed by atoms with E-state index >= 15 is 0 Å². The maximum Gasteiger partial charge on any atom is 0.358 e. The number of hydrogen-bond donors (Lipinski definition) is 0. The number of halogens is 1. The summed E-state index contributed by atoms with van der Waals surface area (Å²) in [5, 5.41) is 0. The molecule has 0 aliphatic heterocycles. The van der Waals surface area contributed by atoms with E-state index in [1.54, 1.807) is 0 Å². The Kier molecular flexibility index (Phi) is 7.97. The van der Waals surface area contributed by atoms with Crippen LogP contribution >= 0.6 is 11.8 Å². The maximum absolute atomic E-state index is 2.31. The Morgan fingerprint density at radius 3 is 1.60 bits per heavy atom. The van der Waals surface area contributed by atoms with Gasteiger partial charge in [-0.3, -0.25) is 0 Å². The summed E-state index contributed by atoms with van der Waals surface area (Å²) in [6.07, 6.45) is 0. The fourth-order valence-electron chi connectivity index (χ4n) is 3.80. The molecule has 35 heavy (non-hydrogen) atoms. The molecule has 0 aliphatic carbocycles. The largest absolute Gasteiger partial charge is 0.358 e. The molecule has 0 saturated carbocycles. The van der Waals surface area contributed by atoms with Gasteiger partial charge in [-0.15, -0.1) is 0 Å². The number of aryl methyl sites for hydroxylation is 1. The predicted molar refractivity (Wildman–Crippen MR) is 145 cm³/mol. The van der Waals surface area contributed by atoms with Gasteiger partial charge in [0.15, 0.2) is 21.8 Å². The summed E-state index contributed by atoms with van der Waals surface area (Å²) in [6, 6.07) is 46.6. The van der Waals surface area contributed by atoms with E-state index < -0.39 is 0 Å². The maximum atomic E-state index is 2.31.